The molecule has 1 rings (SSSR count). The molecule has 0 radical (unpaired) electrons. The van der Waals surface area contributed by atoms with E-state index in [1.165, 1.54) is 5.56 Å². The summed E-state index contributed by atoms with van der Waals surface area (Å²) in [6, 6.07) is 4.27. The number of hydrogen-bond donors (Lipinski definition) is 1. The Hall–Kier alpha value is -0.980. The van der Waals surface area contributed by atoms with E-state index in [0.29, 0.717) is 11.7 Å². The van der Waals surface area contributed by atoms with Crippen molar-refractivity contribution in [2.45, 2.75) is 73.6 Å². The second kappa shape index (κ2) is 5.79. The van der Waals surface area contributed by atoms with Crippen LogP contribution in [0.25, 0.3) is 0 Å². The fourth-order valence-electron chi connectivity index (χ4n) is 2.91. The van der Waals surface area contributed by atoms with E-state index < -0.39 is 0 Å². The summed E-state index contributed by atoms with van der Waals surface area (Å²) in [6.45, 7) is 17.7. The molecule has 0 aliphatic heterocycles. The highest BCUT2D eigenvalue weighted by Crippen LogP contribution is 2.38. The van der Waals surface area contributed by atoms with Crippen LogP contribution >= 0.6 is 0 Å². The van der Waals surface area contributed by atoms with Gasteiger partial charge in [-0.3, -0.25) is 0 Å². The summed E-state index contributed by atoms with van der Waals surface area (Å²) in [7, 11) is 0. The predicted octanol–water partition coefficient (Wildman–Crippen LogP) is 5.61. The van der Waals surface area contributed by atoms with Gasteiger partial charge in [-0.05, 0) is 41.2 Å². The van der Waals surface area contributed by atoms with Gasteiger partial charge in [0.25, 0.3) is 0 Å². The summed E-state index contributed by atoms with van der Waals surface area (Å²) < 4.78 is 0. The van der Waals surface area contributed by atoms with Gasteiger partial charge in [-0.15, -0.1) is 0 Å². The third-order valence-corrected chi connectivity index (χ3v) is 4.33. The van der Waals surface area contributed by atoms with E-state index in [2.05, 4.69) is 67.5 Å². The molecule has 0 aliphatic carbocycles. The first-order chi connectivity index (χ1) is 8.96. The molecular formula is C19H32O. The van der Waals surface area contributed by atoms with Crippen LogP contribution in [0.1, 0.15) is 71.6 Å². The number of hydrogen-bond acceptors (Lipinski definition) is 1. The highest BCUT2D eigenvalue weighted by Gasteiger charge is 2.26. The molecule has 114 valence electrons. The molecule has 1 atom stereocenters. The molecule has 0 saturated carbocycles. The van der Waals surface area contributed by atoms with E-state index in [4.69, 9.17) is 0 Å². The summed E-state index contributed by atoms with van der Waals surface area (Å²) in [4.78, 5) is 0. The van der Waals surface area contributed by atoms with Crippen molar-refractivity contribution >= 4 is 0 Å². The first-order valence-corrected chi connectivity index (χ1v) is 7.79. The molecule has 0 fully saturated rings. The molecule has 0 saturated heterocycles. The summed E-state index contributed by atoms with van der Waals surface area (Å²) in [5.74, 6) is 1.09. The van der Waals surface area contributed by atoms with E-state index in [-0.39, 0.29) is 10.8 Å². The molecule has 1 heteroatoms. The molecule has 1 unspecified atom stereocenters. The maximum Gasteiger partial charge on any atom is 0.122 e. The van der Waals surface area contributed by atoms with Crippen LogP contribution < -0.4 is 0 Å². The Morgan fingerprint density at radius 1 is 1.05 bits per heavy atom. The van der Waals surface area contributed by atoms with E-state index in [9.17, 15) is 5.11 Å². The van der Waals surface area contributed by atoms with Crippen LogP contribution in [-0.4, -0.2) is 5.11 Å². The number of phenols is 1. The van der Waals surface area contributed by atoms with Crippen molar-refractivity contribution in [1.29, 1.82) is 0 Å². The Morgan fingerprint density at radius 2 is 1.60 bits per heavy atom. The molecule has 20 heavy (non-hydrogen) atoms. The Balaban J connectivity index is 3.23. The third-order valence-electron chi connectivity index (χ3n) is 4.33. The van der Waals surface area contributed by atoms with Gasteiger partial charge in [0.2, 0.25) is 0 Å². The normalized spacial score (nSPS) is 14.4. The highest BCUT2D eigenvalue weighted by atomic mass is 16.3. The van der Waals surface area contributed by atoms with Crippen molar-refractivity contribution in [3.63, 3.8) is 0 Å². The fourth-order valence-corrected chi connectivity index (χ4v) is 2.91. The van der Waals surface area contributed by atoms with Crippen LogP contribution in [0, 0.1) is 18.3 Å². The standard InChI is InChI=1S/C19H32O/c1-9-15(18(3,4)5)12-14-10-13(2)11-16(17(14)20)19(6,7)8/h10-11,15,20H,9,12H2,1-8H3. The second-order valence-corrected chi connectivity index (χ2v) is 8.25. The number of rotatable bonds is 3. The molecule has 1 nitrogen and oxygen atoms in total. The lowest BCUT2D eigenvalue weighted by Gasteiger charge is -2.31. The monoisotopic (exact) mass is 276 g/mol. The first-order valence-electron chi connectivity index (χ1n) is 7.79. The average Bonchev–Trinajstić information content (AvgIpc) is 2.26. The predicted molar refractivity (Wildman–Crippen MR) is 88.5 cm³/mol. The largest absolute Gasteiger partial charge is 0.507 e. The number of phenolic OH excluding ortho intramolecular Hbond substituents is 1. The first kappa shape index (κ1) is 17.1. The van der Waals surface area contributed by atoms with Gasteiger partial charge < -0.3 is 5.11 Å². The second-order valence-electron chi connectivity index (χ2n) is 8.25. The van der Waals surface area contributed by atoms with Crippen molar-refractivity contribution in [3.8, 4) is 5.75 Å². The number of aromatic hydroxyl groups is 1. The molecule has 0 amide bonds. The summed E-state index contributed by atoms with van der Waals surface area (Å²) in [5.41, 5.74) is 3.67. The van der Waals surface area contributed by atoms with Crippen LogP contribution in [0.5, 0.6) is 5.75 Å². The molecular weight excluding hydrogens is 244 g/mol. The van der Waals surface area contributed by atoms with Gasteiger partial charge >= 0.3 is 0 Å². The van der Waals surface area contributed by atoms with E-state index in [0.717, 1.165) is 24.0 Å². The lowest BCUT2D eigenvalue weighted by Crippen LogP contribution is -2.22. The van der Waals surface area contributed by atoms with Gasteiger partial charge in [0, 0.05) is 0 Å². The molecule has 0 heterocycles. The minimum Gasteiger partial charge on any atom is -0.507 e. The average molecular weight is 276 g/mol. The van der Waals surface area contributed by atoms with Crippen LogP contribution in [0.2, 0.25) is 0 Å². The number of aryl methyl sites for hydroxylation is 1. The Bertz CT molecular complexity index is 458. The zero-order valence-electron chi connectivity index (χ0n) is 14.6. The summed E-state index contributed by atoms with van der Waals surface area (Å²) >= 11 is 0. The molecule has 1 N–H and O–H groups in total. The SMILES string of the molecule is CCC(Cc1cc(C)cc(C(C)(C)C)c1O)C(C)(C)C. The Kier molecular flexibility index (Phi) is 4.94. The van der Waals surface area contributed by atoms with Crippen molar-refractivity contribution in [2.24, 2.45) is 11.3 Å². The van der Waals surface area contributed by atoms with E-state index in [1.54, 1.807) is 0 Å². The van der Waals surface area contributed by atoms with Gasteiger partial charge in [0.15, 0.2) is 0 Å². The van der Waals surface area contributed by atoms with Gasteiger partial charge in [-0.2, -0.15) is 0 Å². The van der Waals surface area contributed by atoms with Crippen molar-refractivity contribution in [3.05, 3.63) is 28.8 Å². The Labute approximate surface area is 125 Å². The number of benzene rings is 1. The van der Waals surface area contributed by atoms with Gasteiger partial charge in [-0.1, -0.05) is 72.6 Å². The molecule has 1 aromatic carbocycles. The van der Waals surface area contributed by atoms with Crippen molar-refractivity contribution < 1.29 is 5.11 Å². The molecule has 0 aliphatic rings. The maximum absolute atomic E-state index is 10.7. The lowest BCUT2D eigenvalue weighted by molar-refractivity contribution is 0.229. The quantitative estimate of drug-likeness (QED) is 0.760. The van der Waals surface area contributed by atoms with Gasteiger partial charge in [-0.25, -0.2) is 0 Å². The molecule has 0 bridgehead atoms. The third kappa shape index (κ3) is 4.01. The maximum atomic E-state index is 10.7. The molecule has 1 aromatic rings. The van der Waals surface area contributed by atoms with E-state index in [1.807, 2.05) is 0 Å². The summed E-state index contributed by atoms with van der Waals surface area (Å²) in [5, 5.41) is 10.7. The minimum atomic E-state index is -0.0195. The van der Waals surface area contributed by atoms with E-state index >= 15 is 0 Å². The van der Waals surface area contributed by atoms with Crippen LogP contribution in [0.4, 0.5) is 0 Å². The zero-order valence-corrected chi connectivity index (χ0v) is 14.6. The zero-order chi connectivity index (χ0) is 15.7. The van der Waals surface area contributed by atoms with Crippen LogP contribution in [0.3, 0.4) is 0 Å². The summed E-state index contributed by atoms with van der Waals surface area (Å²) in [6.07, 6.45) is 2.10. The lowest BCUT2D eigenvalue weighted by atomic mass is 9.74. The van der Waals surface area contributed by atoms with Crippen LogP contribution in [0.15, 0.2) is 12.1 Å². The smallest absolute Gasteiger partial charge is 0.122 e. The van der Waals surface area contributed by atoms with Gasteiger partial charge in [0.05, 0.1) is 0 Å². The molecule has 0 spiro atoms. The fraction of sp³-hybridized carbons (Fsp3) is 0.684. The minimum absolute atomic E-state index is 0.0195. The van der Waals surface area contributed by atoms with Crippen molar-refractivity contribution in [1.82, 2.24) is 0 Å². The van der Waals surface area contributed by atoms with Crippen LogP contribution in [-0.2, 0) is 11.8 Å². The molecule has 0 aromatic heterocycles. The van der Waals surface area contributed by atoms with Crippen molar-refractivity contribution in [2.75, 3.05) is 0 Å². The Morgan fingerprint density at radius 3 is 2.00 bits per heavy atom. The van der Waals surface area contributed by atoms with Gasteiger partial charge in [0.1, 0.15) is 5.75 Å². The highest BCUT2D eigenvalue weighted by molar-refractivity contribution is 5.47. The topological polar surface area (TPSA) is 20.2 Å².